The highest BCUT2D eigenvalue weighted by molar-refractivity contribution is 5.36. The summed E-state index contributed by atoms with van der Waals surface area (Å²) in [5, 5.41) is 11.9. The van der Waals surface area contributed by atoms with Gasteiger partial charge in [0.15, 0.2) is 0 Å². The van der Waals surface area contributed by atoms with Crippen LogP contribution in [0.1, 0.15) is 49.7 Å². The molecule has 2 aromatic carbocycles. The van der Waals surface area contributed by atoms with E-state index in [4.69, 9.17) is 0 Å². The topological polar surface area (TPSA) is 20.2 Å². The predicted molar refractivity (Wildman–Crippen MR) is 107 cm³/mol. The molecule has 2 heterocycles. The second-order valence-electron chi connectivity index (χ2n) is 9.00. The van der Waals surface area contributed by atoms with Crippen LogP contribution < -0.4 is 17.0 Å². The Balaban J connectivity index is 0.00000210. The van der Waals surface area contributed by atoms with E-state index in [1.54, 1.807) is 0 Å². The first-order chi connectivity index (χ1) is 12.5. The van der Waals surface area contributed by atoms with Gasteiger partial charge >= 0.3 is 0 Å². The molecule has 27 heavy (non-hydrogen) atoms. The monoisotopic (exact) mass is 429 g/mol. The van der Waals surface area contributed by atoms with Crippen molar-refractivity contribution >= 4 is 0 Å². The fourth-order valence-electron chi connectivity index (χ4n) is 5.61. The quantitative estimate of drug-likeness (QED) is 0.733. The molecule has 0 spiro atoms. The highest BCUT2D eigenvalue weighted by Crippen LogP contribution is 2.45. The summed E-state index contributed by atoms with van der Waals surface area (Å²) in [4.78, 5) is 0. The van der Waals surface area contributed by atoms with Gasteiger partial charge in [0.05, 0.1) is 26.2 Å². The third-order valence-electron chi connectivity index (χ3n) is 7.25. The molecule has 146 valence electrons. The molecule has 2 saturated heterocycles. The van der Waals surface area contributed by atoms with Crippen molar-refractivity contribution in [3.63, 3.8) is 0 Å². The van der Waals surface area contributed by atoms with E-state index >= 15 is 0 Å². The first-order valence-corrected chi connectivity index (χ1v) is 10.2. The van der Waals surface area contributed by atoms with E-state index < -0.39 is 5.60 Å². The number of piperidine rings is 2. The number of benzene rings is 2. The number of aliphatic hydroxyl groups is 1. The zero-order chi connectivity index (χ0) is 18.2. The predicted octanol–water partition coefficient (Wildman–Crippen LogP) is 1.72. The fourth-order valence-corrected chi connectivity index (χ4v) is 5.61. The lowest BCUT2D eigenvalue weighted by atomic mass is 9.70. The molecule has 0 aliphatic carbocycles. The molecule has 2 fully saturated rings. The second kappa shape index (κ2) is 8.06. The highest BCUT2D eigenvalue weighted by atomic mass is 79.9. The van der Waals surface area contributed by atoms with Crippen molar-refractivity contribution in [1.29, 1.82) is 0 Å². The average molecular weight is 430 g/mol. The molecule has 3 atom stereocenters. The van der Waals surface area contributed by atoms with Crippen molar-refractivity contribution in [2.75, 3.05) is 14.1 Å². The van der Waals surface area contributed by atoms with Crippen LogP contribution in [0, 0.1) is 5.92 Å². The molecular formula is C24H32BrNO. The van der Waals surface area contributed by atoms with Gasteiger partial charge in [0.2, 0.25) is 0 Å². The Morgan fingerprint density at radius 1 is 0.852 bits per heavy atom. The maximum atomic E-state index is 11.9. The highest BCUT2D eigenvalue weighted by Gasteiger charge is 2.48. The van der Waals surface area contributed by atoms with Crippen LogP contribution in [0.4, 0.5) is 0 Å². The number of hydrogen-bond donors (Lipinski definition) is 1. The summed E-state index contributed by atoms with van der Waals surface area (Å²) in [6.45, 7) is 0. The van der Waals surface area contributed by atoms with Gasteiger partial charge in [-0.1, -0.05) is 60.7 Å². The number of rotatable bonds is 4. The van der Waals surface area contributed by atoms with Crippen LogP contribution in [0.2, 0.25) is 0 Å². The molecule has 0 unspecified atom stereocenters. The molecule has 2 aliphatic rings. The third kappa shape index (κ3) is 3.87. The van der Waals surface area contributed by atoms with Gasteiger partial charge in [0, 0.05) is 12.8 Å². The van der Waals surface area contributed by atoms with Crippen LogP contribution in [-0.4, -0.2) is 35.8 Å². The third-order valence-corrected chi connectivity index (χ3v) is 7.25. The van der Waals surface area contributed by atoms with Gasteiger partial charge in [-0.05, 0) is 42.7 Å². The Kier molecular flexibility index (Phi) is 6.14. The summed E-state index contributed by atoms with van der Waals surface area (Å²) in [6, 6.07) is 22.0. The van der Waals surface area contributed by atoms with E-state index in [1.165, 1.54) is 36.6 Å². The molecule has 4 rings (SSSR count). The van der Waals surface area contributed by atoms with Gasteiger partial charge in [-0.25, -0.2) is 0 Å². The number of quaternary nitrogens is 1. The molecule has 0 radical (unpaired) electrons. The van der Waals surface area contributed by atoms with Crippen LogP contribution in [0.3, 0.4) is 0 Å². The summed E-state index contributed by atoms with van der Waals surface area (Å²) in [6.07, 6.45) is 7.38. The van der Waals surface area contributed by atoms with Crippen molar-refractivity contribution in [3.05, 3.63) is 71.8 Å². The van der Waals surface area contributed by atoms with E-state index in [2.05, 4.69) is 38.4 Å². The van der Waals surface area contributed by atoms with Gasteiger partial charge in [-0.3, -0.25) is 0 Å². The first kappa shape index (κ1) is 20.6. The van der Waals surface area contributed by atoms with Gasteiger partial charge < -0.3 is 26.6 Å². The van der Waals surface area contributed by atoms with Gasteiger partial charge in [-0.2, -0.15) is 0 Å². The van der Waals surface area contributed by atoms with E-state index in [1.807, 2.05) is 36.4 Å². The molecule has 0 aromatic heterocycles. The number of fused-ring (bicyclic) bond motifs is 2. The Hall–Kier alpha value is -1.16. The van der Waals surface area contributed by atoms with Crippen LogP contribution in [-0.2, 0) is 5.60 Å². The molecule has 1 N–H and O–H groups in total. The van der Waals surface area contributed by atoms with Crippen molar-refractivity contribution in [3.8, 4) is 0 Å². The molecule has 2 aromatic rings. The van der Waals surface area contributed by atoms with Crippen LogP contribution in [0.15, 0.2) is 60.7 Å². The molecule has 0 amide bonds. The molecular weight excluding hydrogens is 398 g/mol. The van der Waals surface area contributed by atoms with E-state index in [0.717, 1.165) is 29.6 Å². The summed E-state index contributed by atoms with van der Waals surface area (Å²) in [5.41, 5.74) is 1.15. The van der Waals surface area contributed by atoms with Crippen LogP contribution in [0.25, 0.3) is 0 Å². The minimum Gasteiger partial charge on any atom is -1.00 e. The molecule has 2 nitrogen and oxygen atoms in total. The Morgan fingerprint density at radius 2 is 1.30 bits per heavy atom. The van der Waals surface area contributed by atoms with E-state index in [-0.39, 0.29) is 17.0 Å². The van der Waals surface area contributed by atoms with Crippen LogP contribution >= 0.6 is 0 Å². The number of nitrogens with zero attached hydrogens (tertiary/aromatic N) is 1. The standard InChI is InChI=1S/C24H32NO.BrH/c1-25(2)22-14-9-15-23(25)17-19(16-22)18-24(26,20-10-5-3-6-11-20)21-12-7-4-8-13-21;/h3-8,10-13,19,22-23,26H,9,14-18H2,1-2H3;1H/q+1;/p-1/t19-,22+,23-;. The van der Waals surface area contributed by atoms with Crippen molar-refractivity contribution in [1.82, 2.24) is 0 Å². The summed E-state index contributed by atoms with van der Waals surface area (Å²) in [7, 11) is 4.84. The maximum Gasteiger partial charge on any atom is 0.115 e. The maximum absolute atomic E-state index is 11.9. The van der Waals surface area contributed by atoms with E-state index in [0.29, 0.717) is 5.92 Å². The second-order valence-corrected chi connectivity index (χ2v) is 9.00. The fraction of sp³-hybridized carbons (Fsp3) is 0.500. The Labute approximate surface area is 174 Å². The Bertz CT molecular complexity index is 675. The molecule has 3 heteroatoms. The summed E-state index contributed by atoms with van der Waals surface area (Å²) >= 11 is 0. The average Bonchev–Trinajstić information content (AvgIpc) is 2.64. The largest absolute Gasteiger partial charge is 1.00 e. The number of hydrogen-bond acceptors (Lipinski definition) is 1. The lowest BCUT2D eigenvalue weighted by molar-refractivity contribution is -0.950. The summed E-state index contributed by atoms with van der Waals surface area (Å²) in [5.74, 6) is 0.585. The van der Waals surface area contributed by atoms with Crippen molar-refractivity contribution in [2.45, 2.75) is 56.2 Å². The zero-order valence-corrected chi connectivity index (χ0v) is 18.1. The lowest BCUT2D eigenvalue weighted by Gasteiger charge is -2.54. The van der Waals surface area contributed by atoms with E-state index in [9.17, 15) is 5.11 Å². The molecule has 2 bridgehead atoms. The van der Waals surface area contributed by atoms with Crippen molar-refractivity contribution in [2.24, 2.45) is 5.92 Å². The van der Waals surface area contributed by atoms with Crippen LogP contribution in [0.5, 0.6) is 0 Å². The van der Waals surface area contributed by atoms with Gasteiger partial charge in [0.1, 0.15) is 5.60 Å². The zero-order valence-electron chi connectivity index (χ0n) is 16.5. The summed E-state index contributed by atoms with van der Waals surface area (Å²) < 4.78 is 1.19. The number of halogens is 1. The van der Waals surface area contributed by atoms with Gasteiger partial charge in [0.25, 0.3) is 0 Å². The Morgan fingerprint density at radius 3 is 1.74 bits per heavy atom. The molecule has 2 aliphatic heterocycles. The lowest BCUT2D eigenvalue weighted by Crippen LogP contribution is -3.00. The SMILES string of the molecule is C[N+]1(C)[C@@H]2CCC[C@H]1C[C@@H](CC(O)(c1ccccc1)c1ccccc1)C2.[Br-]. The smallest absolute Gasteiger partial charge is 0.115 e. The van der Waals surface area contributed by atoms with Crippen molar-refractivity contribution < 1.29 is 26.6 Å². The molecule has 0 saturated carbocycles. The van der Waals surface area contributed by atoms with Gasteiger partial charge in [-0.15, -0.1) is 0 Å². The minimum atomic E-state index is -0.893. The normalized spacial score (nSPS) is 26.9. The first-order valence-electron chi connectivity index (χ1n) is 10.2. The minimum absolute atomic E-state index is 0.